The van der Waals surface area contributed by atoms with E-state index in [9.17, 15) is 9.59 Å². The molecule has 1 heterocycles. The lowest BCUT2D eigenvalue weighted by molar-refractivity contribution is -0.119. The van der Waals surface area contributed by atoms with Crippen LogP contribution in [0.3, 0.4) is 0 Å². The number of anilines is 1. The smallest absolute Gasteiger partial charge is 0.271 e. The number of carbonyl (C=O) groups is 1. The minimum Gasteiger partial charge on any atom is -0.497 e. The first-order valence-electron chi connectivity index (χ1n) is 11.7. The molecule has 0 saturated heterocycles. The van der Waals surface area contributed by atoms with Crippen LogP contribution < -0.4 is 20.3 Å². The van der Waals surface area contributed by atoms with E-state index in [0.29, 0.717) is 30.0 Å². The Kier molecular flexibility index (Phi) is 7.01. The maximum absolute atomic E-state index is 13.5. The van der Waals surface area contributed by atoms with E-state index in [-0.39, 0.29) is 11.5 Å². The molecule has 0 saturated carbocycles. The first-order valence-corrected chi connectivity index (χ1v) is 11.7. The molecular formula is C27H31N3O4. The Morgan fingerprint density at radius 3 is 2.24 bits per heavy atom. The second kappa shape index (κ2) is 10.1. The van der Waals surface area contributed by atoms with Crippen LogP contribution in [0.1, 0.15) is 48.9 Å². The number of rotatable bonds is 7. The number of carbonyl (C=O) groups excluding carboxylic acids is 1. The minimum absolute atomic E-state index is 0.171. The summed E-state index contributed by atoms with van der Waals surface area (Å²) in [6.45, 7) is 3.92. The standard InChI is InChI=1S/C27H31N3O4/c1-5-24(26(31)28-19-14-20(33-3)16-21(15-19)34-4)30-27(32)23-9-7-6-8-22(23)25(29-30)18-12-10-17(2)11-13-18/h10-16,24H,5-9H2,1-4H3,(H,28,31)/t24-/m0/s1. The van der Waals surface area contributed by atoms with Gasteiger partial charge >= 0.3 is 0 Å². The quantitative estimate of drug-likeness (QED) is 0.551. The van der Waals surface area contributed by atoms with Gasteiger partial charge in [0.05, 0.1) is 19.9 Å². The van der Waals surface area contributed by atoms with Gasteiger partial charge in [-0.3, -0.25) is 9.59 Å². The molecule has 0 bridgehead atoms. The van der Waals surface area contributed by atoms with Crippen molar-refractivity contribution in [3.63, 3.8) is 0 Å². The zero-order valence-corrected chi connectivity index (χ0v) is 20.2. The lowest BCUT2D eigenvalue weighted by Gasteiger charge is -2.24. The lowest BCUT2D eigenvalue weighted by Crippen LogP contribution is -2.38. The van der Waals surface area contributed by atoms with Crippen molar-refractivity contribution in [2.24, 2.45) is 0 Å². The molecule has 178 valence electrons. The highest BCUT2D eigenvalue weighted by Gasteiger charge is 2.27. The molecule has 2 aromatic carbocycles. The van der Waals surface area contributed by atoms with Crippen LogP contribution in [0.4, 0.5) is 5.69 Å². The van der Waals surface area contributed by atoms with E-state index >= 15 is 0 Å². The number of methoxy groups -OCH3 is 2. The number of nitrogens with zero attached hydrogens (tertiary/aromatic N) is 2. The van der Waals surface area contributed by atoms with E-state index in [1.807, 2.05) is 38.1 Å². The first kappa shape index (κ1) is 23.5. The van der Waals surface area contributed by atoms with Crippen LogP contribution in [0, 0.1) is 6.92 Å². The number of benzene rings is 2. The summed E-state index contributed by atoms with van der Waals surface area (Å²) in [5.41, 5.74) is 5.08. The third-order valence-corrected chi connectivity index (χ3v) is 6.36. The molecule has 0 aliphatic heterocycles. The number of ether oxygens (including phenoxy) is 2. The molecule has 7 nitrogen and oxygen atoms in total. The molecule has 1 N–H and O–H groups in total. The van der Waals surface area contributed by atoms with Gasteiger partial charge in [-0.15, -0.1) is 0 Å². The van der Waals surface area contributed by atoms with Crippen LogP contribution in [0.25, 0.3) is 11.3 Å². The Hall–Kier alpha value is -3.61. The summed E-state index contributed by atoms with van der Waals surface area (Å²) in [4.78, 5) is 26.9. The van der Waals surface area contributed by atoms with Crippen molar-refractivity contribution >= 4 is 11.6 Å². The van der Waals surface area contributed by atoms with Gasteiger partial charge in [-0.1, -0.05) is 36.8 Å². The van der Waals surface area contributed by atoms with Crippen molar-refractivity contribution in [1.29, 1.82) is 0 Å². The monoisotopic (exact) mass is 461 g/mol. The molecule has 4 rings (SSSR count). The second-order valence-electron chi connectivity index (χ2n) is 8.64. The van der Waals surface area contributed by atoms with Crippen molar-refractivity contribution in [2.45, 2.75) is 52.0 Å². The molecule has 1 aromatic heterocycles. The lowest BCUT2D eigenvalue weighted by atomic mass is 9.89. The Labute approximate surface area is 199 Å². The van der Waals surface area contributed by atoms with Crippen molar-refractivity contribution in [3.8, 4) is 22.8 Å². The maximum atomic E-state index is 13.5. The topological polar surface area (TPSA) is 82.4 Å². The molecule has 34 heavy (non-hydrogen) atoms. The van der Waals surface area contributed by atoms with Gasteiger partial charge in [-0.05, 0) is 44.6 Å². The number of fused-ring (bicyclic) bond motifs is 1. The first-order chi connectivity index (χ1) is 16.4. The predicted molar refractivity (Wildman–Crippen MR) is 133 cm³/mol. The molecule has 1 amide bonds. The van der Waals surface area contributed by atoms with Crippen molar-refractivity contribution in [1.82, 2.24) is 9.78 Å². The number of nitrogens with one attached hydrogen (secondary N) is 1. The third-order valence-electron chi connectivity index (χ3n) is 6.36. The molecule has 0 radical (unpaired) electrons. The Balaban J connectivity index is 1.76. The van der Waals surface area contributed by atoms with E-state index in [2.05, 4.69) is 5.32 Å². The summed E-state index contributed by atoms with van der Waals surface area (Å²) in [6.07, 6.45) is 3.96. The summed E-state index contributed by atoms with van der Waals surface area (Å²) >= 11 is 0. The van der Waals surface area contributed by atoms with Crippen molar-refractivity contribution in [2.75, 3.05) is 19.5 Å². The zero-order valence-electron chi connectivity index (χ0n) is 20.2. The molecular weight excluding hydrogens is 430 g/mol. The molecule has 7 heteroatoms. The fraction of sp³-hybridized carbons (Fsp3) is 0.370. The van der Waals surface area contributed by atoms with Gasteiger partial charge in [0.25, 0.3) is 5.56 Å². The molecule has 1 atom stereocenters. The zero-order chi connectivity index (χ0) is 24.2. The second-order valence-corrected chi connectivity index (χ2v) is 8.64. The fourth-order valence-corrected chi connectivity index (χ4v) is 4.48. The Morgan fingerprint density at radius 2 is 1.65 bits per heavy atom. The van der Waals surface area contributed by atoms with Crippen LogP contribution >= 0.6 is 0 Å². The van der Waals surface area contributed by atoms with E-state index in [1.165, 1.54) is 4.68 Å². The average molecular weight is 462 g/mol. The largest absolute Gasteiger partial charge is 0.497 e. The van der Waals surface area contributed by atoms with E-state index < -0.39 is 6.04 Å². The van der Waals surface area contributed by atoms with Crippen LogP contribution in [0.5, 0.6) is 11.5 Å². The number of hydrogen-bond acceptors (Lipinski definition) is 5. The summed E-state index contributed by atoms with van der Waals surface area (Å²) in [7, 11) is 3.11. The number of hydrogen-bond donors (Lipinski definition) is 1. The number of aryl methyl sites for hydroxylation is 1. The highest BCUT2D eigenvalue weighted by molar-refractivity contribution is 5.94. The SMILES string of the molecule is CC[C@@H](C(=O)Nc1cc(OC)cc(OC)c1)n1nc(-c2ccc(C)cc2)c2c(c1=O)CCCC2. The van der Waals surface area contributed by atoms with Gasteiger partial charge in [-0.25, -0.2) is 4.68 Å². The molecule has 1 aliphatic rings. The third kappa shape index (κ3) is 4.69. The van der Waals surface area contributed by atoms with Crippen molar-refractivity contribution in [3.05, 3.63) is 69.5 Å². The normalized spacial score (nSPS) is 13.6. The highest BCUT2D eigenvalue weighted by atomic mass is 16.5. The van der Waals surface area contributed by atoms with Gasteiger partial charge < -0.3 is 14.8 Å². The van der Waals surface area contributed by atoms with Crippen LogP contribution in [0.15, 0.2) is 47.3 Å². The summed E-state index contributed by atoms with van der Waals surface area (Å²) in [5.74, 6) is 0.819. The van der Waals surface area contributed by atoms with Gasteiger partial charge in [0.15, 0.2) is 0 Å². The van der Waals surface area contributed by atoms with Crippen LogP contribution in [-0.4, -0.2) is 29.9 Å². The van der Waals surface area contributed by atoms with Gasteiger partial charge in [0.2, 0.25) is 5.91 Å². The van der Waals surface area contributed by atoms with Crippen LogP contribution in [0.2, 0.25) is 0 Å². The fourth-order valence-electron chi connectivity index (χ4n) is 4.48. The van der Waals surface area contributed by atoms with Crippen LogP contribution in [-0.2, 0) is 17.6 Å². The summed E-state index contributed by atoms with van der Waals surface area (Å²) < 4.78 is 12.0. The summed E-state index contributed by atoms with van der Waals surface area (Å²) in [6, 6.07) is 12.6. The van der Waals surface area contributed by atoms with E-state index in [4.69, 9.17) is 14.6 Å². The Morgan fingerprint density at radius 1 is 1.03 bits per heavy atom. The Bertz CT molecular complexity index is 1230. The van der Waals surface area contributed by atoms with Crippen molar-refractivity contribution < 1.29 is 14.3 Å². The summed E-state index contributed by atoms with van der Waals surface area (Å²) in [5, 5.41) is 7.70. The molecule has 0 fully saturated rings. The number of aromatic nitrogens is 2. The maximum Gasteiger partial charge on any atom is 0.271 e. The van der Waals surface area contributed by atoms with Gasteiger partial charge in [-0.2, -0.15) is 5.10 Å². The van der Waals surface area contributed by atoms with Gasteiger partial charge in [0.1, 0.15) is 17.5 Å². The predicted octanol–water partition coefficient (Wildman–Crippen LogP) is 4.70. The highest BCUT2D eigenvalue weighted by Crippen LogP contribution is 2.30. The molecule has 0 unspecified atom stereocenters. The van der Waals surface area contributed by atoms with E-state index in [1.54, 1.807) is 32.4 Å². The molecule has 0 spiro atoms. The molecule has 3 aromatic rings. The minimum atomic E-state index is -0.749. The number of amides is 1. The van der Waals surface area contributed by atoms with E-state index in [0.717, 1.165) is 47.2 Å². The molecule has 1 aliphatic carbocycles. The average Bonchev–Trinajstić information content (AvgIpc) is 2.86. The van der Waals surface area contributed by atoms with Gasteiger partial charge in [0, 0.05) is 35.0 Å².